The molecule has 0 radical (unpaired) electrons. The van der Waals surface area contributed by atoms with E-state index in [9.17, 15) is 4.79 Å². The second kappa shape index (κ2) is 9.28. The van der Waals surface area contributed by atoms with Gasteiger partial charge in [0.1, 0.15) is 18.1 Å². The molecular formula is C25H27NO3. The van der Waals surface area contributed by atoms with Crippen molar-refractivity contribution in [2.24, 2.45) is 0 Å². The van der Waals surface area contributed by atoms with E-state index in [-0.39, 0.29) is 5.91 Å². The average Bonchev–Trinajstić information content (AvgIpc) is 2.73. The lowest BCUT2D eigenvalue weighted by molar-refractivity contribution is 0.102. The summed E-state index contributed by atoms with van der Waals surface area (Å²) in [5, 5.41) is 3.07. The lowest BCUT2D eigenvalue weighted by Gasteiger charge is -2.15. The van der Waals surface area contributed by atoms with Crippen LogP contribution in [0.5, 0.6) is 11.5 Å². The number of carbonyl (C=O) groups excluding carboxylic acids is 1. The van der Waals surface area contributed by atoms with Gasteiger partial charge in [0.2, 0.25) is 0 Å². The SMILES string of the molecule is CCc1cccc(C)c1NC(=O)c1ccc(OC)c(COc2cccc(C)c2)c1. The molecule has 0 saturated heterocycles. The molecule has 1 N–H and O–H groups in total. The summed E-state index contributed by atoms with van der Waals surface area (Å²) >= 11 is 0. The number of methoxy groups -OCH3 is 1. The molecule has 0 unspecified atom stereocenters. The largest absolute Gasteiger partial charge is 0.496 e. The Kier molecular flexibility index (Phi) is 6.55. The van der Waals surface area contributed by atoms with Crippen LogP contribution >= 0.6 is 0 Å². The van der Waals surface area contributed by atoms with Gasteiger partial charge < -0.3 is 14.8 Å². The Morgan fingerprint density at radius 1 is 0.966 bits per heavy atom. The van der Waals surface area contributed by atoms with Crippen LogP contribution in [-0.2, 0) is 13.0 Å². The molecule has 0 heterocycles. The summed E-state index contributed by atoms with van der Waals surface area (Å²) in [4.78, 5) is 12.9. The van der Waals surface area contributed by atoms with Gasteiger partial charge in [0.05, 0.1) is 7.11 Å². The number of anilines is 1. The third-order valence-corrected chi connectivity index (χ3v) is 4.90. The molecular weight excluding hydrogens is 362 g/mol. The number of para-hydroxylation sites is 1. The summed E-state index contributed by atoms with van der Waals surface area (Å²) in [7, 11) is 1.62. The maximum absolute atomic E-state index is 12.9. The van der Waals surface area contributed by atoms with Crippen molar-refractivity contribution >= 4 is 11.6 Å². The number of aryl methyl sites for hydroxylation is 3. The molecule has 0 aromatic heterocycles. The van der Waals surface area contributed by atoms with Gasteiger partial charge in [-0.15, -0.1) is 0 Å². The predicted molar refractivity (Wildman–Crippen MR) is 117 cm³/mol. The first-order valence-electron chi connectivity index (χ1n) is 9.78. The fraction of sp³-hybridized carbons (Fsp3) is 0.240. The van der Waals surface area contributed by atoms with Crippen molar-refractivity contribution in [2.45, 2.75) is 33.8 Å². The van der Waals surface area contributed by atoms with Crippen LogP contribution in [0.1, 0.15) is 39.5 Å². The van der Waals surface area contributed by atoms with E-state index in [1.807, 2.05) is 68.4 Å². The highest BCUT2D eigenvalue weighted by atomic mass is 16.5. The Balaban J connectivity index is 1.81. The van der Waals surface area contributed by atoms with Crippen LogP contribution in [0.4, 0.5) is 5.69 Å². The molecule has 4 nitrogen and oxygen atoms in total. The first-order chi connectivity index (χ1) is 14.0. The zero-order valence-corrected chi connectivity index (χ0v) is 17.4. The van der Waals surface area contributed by atoms with Crippen molar-refractivity contribution < 1.29 is 14.3 Å². The number of ether oxygens (including phenoxy) is 2. The highest BCUT2D eigenvalue weighted by Crippen LogP contribution is 2.25. The van der Waals surface area contributed by atoms with Gasteiger partial charge in [0.25, 0.3) is 5.91 Å². The molecule has 150 valence electrons. The molecule has 29 heavy (non-hydrogen) atoms. The molecule has 0 aliphatic rings. The van der Waals surface area contributed by atoms with Crippen LogP contribution in [0.15, 0.2) is 60.7 Å². The Morgan fingerprint density at radius 3 is 2.48 bits per heavy atom. The summed E-state index contributed by atoms with van der Waals surface area (Å²) in [6, 6.07) is 19.3. The molecule has 0 aliphatic heterocycles. The monoisotopic (exact) mass is 389 g/mol. The lowest BCUT2D eigenvalue weighted by atomic mass is 10.0. The molecule has 0 aliphatic carbocycles. The van der Waals surface area contributed by atoms with Crippen molar-refractivity contribution in [3.05, 3.63) is 88.5 Å². The Morgan fingerprint density at radius 2 is 1.76 bits per heavy atom. The van der Waals surface area contributed by atoms with E-state index in [2.05, 4.69) is 12.2 Å². The molecule has 3 aromatic carbocycles. The van der Waals surface area contributed by atoms with Crippen LogP contribution in [-0.4, -0.2) is 13.0 Å². The van der Waals surface area contributed by atoms with Gasteiger partial charge in [0.15, 0.2) is 0 Å². The zero-order chi connectivity index (χ0) is 20.8. The molecule has 0 spiro atoms. The van der Waals surface area contributed by atoms with Gasteiger partial charge in [-0.25, -0.2) is 0 Å². The van der Waals surface area contributed by atoms with Crippen molar-refractivity contribution in [3.8, 4) is 11.5 Å². The predicted octanol–water partition coefficient (Wildman–Crippen LogP) is 5.71. The second-order valence-corrected chi connectivity index (χ2v) is 7.05. The summed E-state index contributed by atoms with van der Waals surface area (Å²) in [5.74, 6) is 1.34. The third kappa shape index (κ3) is 4.96. The molecule has 0 atom stereocenters. The fourth-order valence-electron chi connectivity index (χ4n) is 3.29. The maximum atomic E-state index is 12.9. The number of hydrogen-bond donors (Lipinski definition) is 1. The number of rotatable bonds is 7. The summed E-state index contributed by atoms with van der Waals surface area (Å²) < 4.78 is 11.4. The number of amides is 1. The Bertz CT molecular complexity index is 1010. The van der Waals surface area contributed by atoms with Crippen LogP contribution in [0.3, 0.4) is 0 Å². The minimum absolute atomic E-state index is 0.145. The minimum atomic E-state index is -0.145. The normalized spacial score (nSPS) is 10.5. The average molecular weight is 389 g/mol. The molecule has 1 amide bonds. The zero-order valence-electron chi connectivity index (χ0n) is 17.4. The molecule has 0 bridgehead atoms. The van der Waals surface area contributed by atoms with Gasteiger partial charge in [-0.1, -0.05) is 37.3 Å². The number of benzene rings is 3. The lowest BCUT2D eigenvalue weighted by Crippen LogP contribution is -2.15. The van der Waals surface area contributed by atoms with Crippen LogP contribution in [0, 0.1) is 13.8 Å². The van der Waals surface area contributed by atoms with Crippen molar-refractivity contribution in [2.75, 3.05) is 12.4 Å². The Labute approximate surface area is 172 Å². The quantitative estimate of drug-likeness (QED) is 0.563. The van der Waals surface area contributed by atoms with E-state index in [1.165, 1.54) is 0 Å². The Hall–Kier alpha value is -3.27. The molecule has 0 fully saturated rings. The van der Waals surface area contributed by atoms with Crippen LogP contribution < -0.4 is 14.8 Å². The number of carbonyl (C=O) groups is 1. The smallest absolute Gasteiger partial charge is 0.255 e. The molecule has 3 aromatic rings. The van der Waals surface area contributed by atoms with E-state index in [0.717, 1.165) is 40.1 Å². The number of nitrogens with one attached hydrogen (secondary N) is 1. The van der Waals surface area contributed by atoms with E-state index in [0.29, 0.717) is 17.9 Å². The topological polar surface area (TPSA) is 47.6 Å². The molecule has 3 rings (SSSR count). The second-order valence-electron chi connectivity index (χ2n) is 7.05. The first kappa shape index (κ1) is 20.5. The maximum Gasteiger partial charge on any atom is 0.255 e. The fourth-order valence-corrected chi connectivity index (χ4v) is 3.29. The minimum Gasteiger partial charge on any atom is -0.496 e. The summed E-state index contributed by atoms with van der Waals surface area (Å²) in [6.45, 7) is 6.43. The van der Waals surface area contributed by atoms with E-state index >= 15 is 0 Å². The van der Waals surface area contributed by atoms with Crippen LogP contribution in [0.2, 0.25) is 0 Å². The first-order valence-corrected chi connectivity index (χ1v) is 9.78. The van der Waals surface area contributed by atoms with E-state index in [1.54, 1.807) is 13.2 Å². The molecule has 4 heteroatoms. The standard InChI is InChI=1S/C25H27NO3/c1-5-19-10-7-9-18(3)24(19)26-25(27)20-12-13-23(28-4)21(15-20)16-29-22-11-6-8-17(2)14-22/h6-15H,5,16H2,1-4H3,(H,26,27). The van der Waals surface area contributed by atoms with E-state index < -0.39 is 0 Å². The third-order valence-electron chi connectivity index (χ3n) is 4.90. The van der Waals surface area contributed by atoms with E-state index in [4.69, 9.17) is 9.47 Å². The van der Waals surface area contributed by atoms with Crippen LogP contribution in [0.25, 0.3) is 0 Å². The number of hydrogen-bond acceptors (Lipinski definition) is 3. The van der Waals surface area contributed by atoms with Crippen molar-refractivity contribution in [1.82, 2.24) is 0 Å². The van der Waals surface area contributed by atoms with Crippen molar-refractivity contribution in [3.63, 3.8) is 0 Å². The van der Waals surface area contributed by atoms with Gasteiger partial charge in [-0.05, 0) is 67.3 Å². The molecule has 0 saturated carbocycles. The van der Waals surface area contributed by atoms with Gasteiger partial charge >= 0.3 is 0 Å². The van der Waals surface area contributed by atoms with Gasteiger partial charge in [0, 0.05) is 16.8 Å². The highest BCUT2D eigenvalue weighted by Gasteiger charge is 2.14. The highest BCUT2D eigenvalue weighted by molar-refractivity contribution is 6.05. The summed E-state index contributed by atoms with van der Waals surface area (Å²) in [5.41, 5.74) is 5.58. The van der Waals surface area contributed by atoms with Crippen molar-refractivity contribution in [1.29, 1.82) is 0 Å². The van der Waals surface area contributed by atoms with Gasteiger partial charge in [-0.2, -0.15) is 0 Å². The summed E-state index contributed by atoms with van der Waals surface area (Å²) in [6.07, 6.45) is 0.857. The van der Waals surface area contributed by atoms with Gasteiger partial charge in [-0.3, -0.25) is 4.79 Å².